The van der Waals surface area contributed by atoms with Gasteiger partial charge in [0.1, 0.15) is 5.75 Å². The van der Waals surface area contributed by atoms with Crippen molar-refractivity contribution >= 4 is 52.3 Å². The molecule has 7 nitrogen and oxygen atoms in total. The minimum atomic E-state index is -2.49. The number of phenols is 1. The summed E-state index contributed by atoms with van der Waals surface area (Å²) in [5, 5.41) is 9.30. The minimum absolute atomic E-state index is 0.377. The molecule has 1 aromatic rings. The maximum atomic E-state index is 13.5. The van der Waals surface area contributed by atoms with Gasteiger partial charge in [-0.15, -0.1) is 0 Å². The molecule has 37 heavy (non-hydrogen) atoms. The van der Waals surface area contributed by atoms with Crippen molar-refractivity contribution in [3.63, 3.8) is 0 Å². The van der Waals surface area contributed by atoms with E-state index in [0.29, 0.717) is 12.4 Å². The van der Waals surface area contributed by atoms with E-state index in [1.54, 1.807) is 6.07 Å². The Balaban J connectivity index is 2.53. The molecule has 0 saturated heterocycles. The van der Waals surface area contributed by atoms with Gasteiger partial charge in [-0.25, -0.2) is 4.39 Å². The van der Waals surface area contributed by atoms with Gasteiger partial charge in [0.2, 0.25) is 0 Å². The van der Waals surface area contributed by atoms with Crippen LogP contribution < -0.4 is 4.74 Å². The highest BCUT2D eigenvalue weighted by molar-refractivity contribution is 6.89. The third-order valence-electron chi connectivity index (χ3n) is 5.60. The van der Waals surface area contributed by atoms with E-state index in [1.165, 1.54) is 31.0 Å². The predicted octanol–water partition coefficient (Wildman–Crippen LogP) is 6.70. The highest BCUT2D eigenvalue weighted by Crippen LogP contribution is 2.27. The molecule has 0 aromatic heterocycles. The van der Waals surface area contributed by atoms with Crippen LogP contribution in [0.25, 0.3) is 0 Å². The van der Waals surface area contributed by atoms with Crippen molar-refractivity contribution in [3.8, 4) is 11.5 Å². The van der Waals surface area contributed by atoms with Gasteiger partial charge in [-0.1, -0.05) is 19.8 Å². The van der Waals surface area contributed by atoms with Gasteiger partial charge in [0, 0.05) is 6.07 Å². The zero-order valence-electron chi connectivity index (χ0n) is 25.0. The van der Waals surface area contributed by atoms with Crippen LogP contribution in [-0.4, -0.2) is 64.0 Å². The first kappa shape index (κ1) is 34.9. The van der Waals surface area contributed by atoms with E-state index in [9.17, 15) is 9.50 Å². The number of hydrogen-bond donors (Lipinski definition) is 1. The molecule has 0 spiro atoms. The maximum Gasteiger partial charge on any atom is 0.314 e. The second kappa shape index (κ2) is 14.5. The molecule has 0 heterocycles. The summed E-state index contributed by atoms with van der Waals surface area (Å²) in [5.74, 6) is -0.649. The summed E-state index contributed by atoms with van der Waals surface area (Å²) in [7, 11) is -12.1. The Kier molecular flexibility index (Phi) is 13.6. The fraction of sp³-hybridized carbons (Fsp3) is 0.739. The number of halogens is 1. The van der Waals surface area contributed by atoms with Crippen LogP contribution in [0.1, 0.15) is 26.2 Å². The van der Waals surface area contributed by atoms with Gasteiger partial charge in [-0.2, -0.15) is 0 Å². The summed E-state index contributed by atoms with van der Waals surface area (Å²) in [4.78, 5) is 0. The van der Waals surface area contributed by atoms with Crippen molar-refractivity contribution in [1.82, 2.24) is 0 Å². The highest BCUT2D eigenvalue weighted by atomic mass is 28.5. The summed E-state index contributed by atoms with van der Waals surface area (Å²) >= 11 is 0. The minimum Gasteiger partial charge on any atom is -0.505 e. The summed E-state index contributed by atoms with van der Waals surface area (Å²) in [6.45, 7) is 24.1. The smallest absolute Gasteiger partial charge is 0.314 e. The van der Waals surface area contributed by atoms with Gasteiger partial charge in [0.05, 0.1) is 6.61 Å². The number of rotatable bonds is 18. The molecule has 216 valence electrons. The lowest BCUT2D eigenvalue weighted by molar-refractivity contribution is 0.291. The van der Waals surface area contributed by atoms with Crippen molar-refractivity contribution in [2.24, 2.45) is 0 Å². The molecule has 0 fully saturated rings. The molecule has 0 amide bonds. The summed E-state index contributed by atoms with van der Waals surface area (Å²) in [6, 6.07) is 6.12. The van der Waals surface area contributed by atoms with Gasteiger partial charge >= 0.3 is 25.7 Å². The molecular weight excluding hydrogens is 576 g/mol. The van der Waals surface area contributed by atoms with Crippen LogP contribution in [0.15, 0.2) is 18.2 Å². The molecule has 0 radical (unpaired) electrons. The van der Waals surface area contributed by atoms with E-state index in [1.807, 2.05) is 0 Å². The van der Waals surface area contributed by atoms with Gasteiger partial charge in [0.15, 0.2) is 28.2 Å². The Morgan fingerprint density at radius 3 is 1.92 bits per heavy atom. The average molecular weight is 627 g/mol. The Morgan fingerprint density at radius 1 is 0.757 bits per heavy atom. The molecule has 0 saturated carbocycles. The van der Waals surface area contributed by atoms with Crippen LogP contribution in [-0.2, 0) is 20.6 Å². The first-order valence-corrected chi connectivity index (χ1v) is 29.1. The van der Waals surface area contributed by atoms with Crippen LogP contribution in [0.2, 0.25) is 77.6 Å². The predicted molar refractivity (Wildman–Crippen MR) is 164 cm³/mol. The largest absolute Gasteiger partial charge is 0.505 e. The average Bonchev–Trinajstić information content (AvgIpc) is 2.69. The molecule has 0 bridgehead atoms. The number of benzene rings is 1. The van der Waals surface area contributed by atoms with Crippen LogP contribution in [0.3, 0.4) is 0 Å². The molecule has 0 unspecified atom stereocenters. The van der Waals surface area contributed by atoms with Gasteiger partial charge in [-0.05, 0) is 96.1 Å². The zero-order chi connectivity index (χ0) is 28.5. The van der Waals surface area contributed by atoms with Crippen molar-refractivity contribution in [3.05, 3.63) is 24.0 Å². The zero-order valence-corrected chi connectivity index (χ0v) is 31.4. The molecule has 0 atom stereocenters. The van der Waals surface area contributed by atoms with Crippen LogP contribution in [0, 0.1) is 5.82 Å². The molecule has 0 aliphatic heterocycles. The number of aromatic hydroxyl groups is 1. The lowest BCUT2D eigenvalue weighted by Gasteiger charge is -2.41. The molecule has 14 heteroatoms. The van der Waals surface area contributed by atoms with Crippen molar-refractivity contribution < 1.29 is 34.8 Å². The number of hydrogen-bond acceptors (Lipinski definition) is 7. The lowest BCUT2D eigenvalue weighted by Crippen LogP contribution is -2.57. The fourth-order valence-electron chi connectivity index (χ4n) is 4.24. The number of ether oxygens (including phenoxy) is 1. The standard InChI is InChI=1S/C23H51FO7Si6/c1-12-13-18-33(2,3)27-32-28-35(6,7)30-37(10,11)31-36(8,9)29-34(4,5)19-14-17-26-21-15-16-23(25)22(24)20-21/h15-16,20,25H,12-14,17-19,32H2,1-11H3. The molecule has 1 aromatic carbocycles. The van der Waals surface area contributed by atoms with Gasteiger partial charge < -0.3 is 30.4 Å². The quantitative estimate of drug-likeness (QED) is 0.144. The van der Waals surface area contributed by atoms with E-state index in [0.717, 1.165) is 12.5 Å². The number of phenolic OH excluding ortho intramolecular Hbond substituents is 1. The van der Waals surface area contributed by atoms with Gasteiger partial charge in [0.25, 0.3) is 10.0 Å². The SMILES string of the molecule is CCCC[Si](C)(C)O[SiH2]O[Si](C)(C)O[Si](C)(C)O[Si](C)(C)O[Si](C)(C)CCCOc1ccc(O)c(F)c1. The molecule has 1 N–H and O–H groups in total. The lowest BCUT2D eigenvalue weighted by atomic mass is 10.3. The van der Waals surface area contributed by atoms with E-state index in [-0.39, 0.29) is 5.75 Å². The second-order valence-corrected chi connectivity index (χ2v) is 33.5. The first-order valence-electron chi connectivity index (χ1n) is 13.3. The molecular formula is C23H51FO7Si6. The van der Waals surface area contributed by atoms with Crippen molar-refractivity contribution in [2.75, 3.05) is 6.61 Å². The van der Waals surface area contributed by atoms with Crippen molar-refractivity contribution in [2.45, 2.75) is 104 Å². The topological polar surface area (TPSA) is 75.6 Å². The third kappa shape index (κ3) is 15.3. The van der Waals surface area contributed by atoms with E-state index < -0.39 is 58.1 Å². The Bertz CT molecular complexity index is 840. The summed E-state index contributed by atoms with van der Waals surface area (Å²) in [5.41, 5.74) is 0. The Morgan fingerprint density at radius 2 is 1.32 bits per heavy atom. The van der Waals surface area contributed by atoms with Crippen LogP contribution in [0.4, 0.5) is 4.39 Å². The Hall–Kier alpha value is -0.149. The second-order valence-electron chi connectivity index (χ2n) is 12.1. The van der Waals surface area contributed by atoms with Crippen LogP contribution >= 0.6 is 0 Å². The molecule has 0 aliphatic rings. The highest BCUT2D eigenvalue weighted by Gasteiger charge is 2.44. The summed E-state index contributed by atoms with van der Waals surface area (Å²) in [6.07, 6.45) is 3.20. The fourth-order valence-corrected chi connectivity index (χ4v) is 27.2. The normalized spacial score (nSPS) is 14.1. The van der Waals surface area contributed by atoms with E-state index in [2.05, 4.69) is 72.4 Å². The first-order chi connectivity index (χ1) is 16.8. The molecule has 0 aliphatic carbocycles. The monoisotopic (exact) mass is 626 g/mol. The molecule has 1 rings (SSSR count). The maximum absolute atomic E-state index is 13.5. The Labute approximate surface area is 232 Å². The van der Waals surface area contributed by atoms with E-state index >= 15 is 0 Å². The van der Waals surface area contributed by atoms with Crippen LogP contribution in [0.5, 0.6) is 11.5 Å². The van der Waals surface area contributed by atoms with Gasteiger partial charge in [-0.3, -0.25) is 0 Å². The van der Waals surface area contributed by atoms with E-state index in [4.69, 9.17) is 25.3 Å². The number of unbranched alkanes of at least 4 members (excludes halogenated alkanes) is 1. The third-order valence-corrected chi connectivity index (χ3v) is 27.6. The van der Waals surface area contributed by atoms with Crippen molar-refractivity contribution in [1.29, 1.82) is 0 Å². The summed E-state index contributed by atoms with van der Waals surface area (Å²) < 4.78 is 51.5.